The molecule has 0 aromatic carbocycles. The molecule has 1 fully saturated rings. The molecule has 1 aliphatic carbocycles. The molecule has 18 heavy (non-hydrogen) atoms. The molecule has 0 spiro atoms. The van der Waals surface area contributed by atoms with Gasteiger partial charge < -0.3 is 11.1 Å². The molecule has 0 radical (unpaired) electrons. The molecule has 3 N–H and O–H groups in total. The number of alkyl halides is 3. The summed E-state index contributed by atoms with van der Waals surface area (Å²) in [5.41, 5.74) is 5.39. The third kappa shape index (κ3) is 3.35. The van der Waals surface area contributed by atoms with Gasteiger partial charge in [0.1, 0.15) is 5.69 Å². The molecule has 0 saturated heterocycles. The monoisotopic (exact) mass is 259 g/mol. The highest BCUT2D eigenvalue weighted by Crippen LogP contribution is 2.29. The van der Waals surface area contributed by atoms with Crippen LogP contribution in [0.5, 0.6) is 0 Å². The maximum atomic E-state index is 12.5. The lowest BCUT2D eigenvalue weighted by Gasteiger charge is -2.27. The molecular formula is C12H16F3N3. The van der Waals surface area contributed by atoms with Gasteiger partial charge in [-0.1, -0.05) is 0 Å². The second-order valence-corrected chi connectivity index (χ2v) is 4.68. The second-order valence-electron chi connectivity index (χ2n) is 4.68. The number of nitrogens with two attached hydrogens (primary N) is 1. The van der Waals surface area contributed by atoms with Gasteiger partial charge in [-0.2, -0.15) is 13.2 Å². The van der Waals surface area contributed by atoms with E-state index in [0.29, 0.717) is 5.69 Å². The van der Waals surface area contributed by atoms with Crippen molar-refractivity contribution in [2.75, 3.05) is 5.32 Å². The topological polar surface area (TPSA) is 50.9 Å². The first-order valence-electron chi connectivity index (χ1n) is 6.00. The largest absolute Gasteiger partial charge is 0.433 e. The van der Waals surface area contributed by atoms with Gasteiger partial charge in [0.25, 0.3) is 0 Å². The Bertz CT molecular complexity index is 398. The van der Waals surface area contributed by atoms with Crippen molar-refractivity contribution < 1.29 is 13.2 Å². The average Bonchev–Trinajstić information content (AvgIpc) is 2.31. The van der Waals surface area contributed by atoms with Gasteiger partial charge in [-0.3, -0.25) is 4.98 Å². The van der Waals surface area contributed by atoms with E-state index in [2.05, 4.69) is 10.3 Å². The molecule has 0 unspecified atom stereocenters. The van der Waals surface area contributed by atoms with Crippen molar-refractivity contribution >= 4 is 5.69 Å². The number of nitrogens with one attached hydrogen (secondary N) is 1. The van der Waals surface area contributed by atoms with E-state index >= 15 is 0 Å². The standard InChI is InChI=1S/C12H16F3N3/c13-12(14,15)11-7-10(5-6-17-11)18-9-3-1-8(16)2-4-9/h5-9H,1-4,16H2,(H,17,18). The minimum absolute atomic E-state index is 0.202. The number of pyridine rings is 1. The first-order valence-corrected chi connectivity index (χ1v) is 6.00. The van der Waals surface area contributed by atoms with Crippen molar-refractivity contribution in [3.05, 3.63) is 24.0 Å². The van der Waals surface area contributed by atoms with Crippen molar-refractivity contribution in [1.82, 2.24) is 4.98 Å². The summed E-state index contributed by atoms with van der Waals surface area (Å²) in [5, 5.41) is 3.12. The maximum Gasteiger partial charge on any atom is 0.433 e. The van der Waals surface area contributed by atoms with Crippen LogP contribution in [0.4, 0.5) is 18.9 Å². The van der Waals surface area contributed by atoms with Gasteiger partial charge in [-0.15, -0.1) is 0 Å². The first kappa shape index (κ1) is 13.1. The van der Waals surface area contributed by atoms with Crippen LogP contribution in [-0.2, 0) is 6.18 Å². The zero-order valence-electron chi connectivity index (χ0n) is 9.87. The van der Waals surface area contributed by atoms with E-state index in [0.717, 1.165) is 31.7 Å². The summed E-state index contributed by atoms with van der Waals surface area (Å²) in [5.74, 6) is 0. The van der Waals surface area contributed by atoms with Crippen LogP contribution < -0.4 is 11.1 Å². The van der Waals surface area contributed by atoms with Crippen LogP contribution in [0.2, 0.25) is 0 Å². The number of halogens is 3. The van der Waals surface area contributed by atoms with Crippen molar-refractivity contribution in [1.29, 1.82) is 0 Å². The van der Waals surface area contributed by atoms with E-state index in [1.807, 2.05) is 0 Å². The van der Waals surface area contributed by atoms with E-state index in [4.69, 9.17) is 5.73 Å². The Hall–Kier alpha value is -1.30. The van der Waals surface area contributed by atoms with E-state index in [1.54, 1.807) is 6.07 Å². The van der Waals surface area contributed by atoms with Crippen LogP contribution in [0.15, 0.2) is 18.3 Å². The number of rotatable bonds is 2. The second kappa shape index (κ2) is 5.14. The molecule has 0 amide bonds. The number of hydrogen-bond acceptors (Lipinski definition) is 3. The summed E-state index contributed by atoms with van der Waals surface area (Å²) in [6.45, 7) is 0. The van der Waals surface area contributed by atoms with Gasteiger partial charge in [0.2, 0.25) is 0 Å². The predicted octanol–water partition coefficient (Wildman–Crippen LogP) is 2.78. The van der Waals surface area contributed by atoms with Gasteiger partial charge in [0, 0.05) is 24.0 Å². The molecule has 2 rings (SSSR count). The third-order valence-electron chi connectivity index (χ3n) is 3.19. The highest BCUT2D eigenvalue weighted by atomic mass is 19.4. The number of anilines is 1. The number of nitrogens with zero attached hydrogens (tertiary/aromatic N) is 1. The molecular weight excluding hydrogens is 243 g/mol. The Kier molecular flexibility index (Phi) is 3.75. The summed E-state index contributed by atoms with van der Waals surface area (Å²) < 4.78 is 37.5. The molecule has 1 heterocycles. The van der Waals surface area contributed by atoms with Crippen LogP contribution in [0.25, 0.3) is 0 Å². The number of aromatic nitrogens is 1. The van der Waals surface area contributed by atoms with E-state index in [1.165, 1.54) is 6.20 Å². The minimum atomic E-state index is -4.40. The SMILES string of the molecule is NC1CCC(Nc2ccnc(C(F)(F)F)c2)CC1. The van der Waals surface area contributed by atoms with Gasteiger partial charge >= 0.3 is 6.18 Å². The van der Waals surface area contributed by atoms with E-state index < -0.39 is 11.9 Å². The molecule has 1 saturated carbocycles. The van der Waals surface area contributed by atoms with E-state index in [9.17, 15) is 13.2 Å². The highest BCUT2D eigenvalue weighted by molar-refractivity contribution is 5.44. The van der Waals surface area contributed by atoms with Gasteiger partial charge in [-0.05, 0) is 37.8 Å². The molecule has 1 aromatic rings. The predicted molar refractivity (Wildman–Crippen MR) is 63.1 cm³/mol. The van der Waals surface area contributed by atoms with Gasteiger partial charge in [0.05, 0.1) is 0 Å². The summed E-state index contributed by atoms with van der Waals surface area (Å²) in [4.78, 5) is 3.33. The Morgan fingerprint density at radius 2 is 1.89 bits per heavy atom. The van der Waals surface area contributed by atoms with Crippen molar-refractivity contribution in [3.8, 4) is 0 Å². The molecule has 0 bridgehead atoms. The maximum absolute atomic E-state index is 12.5. The molecule has 0 aliphatic heterocycles. The smallest absolute Gasteiger partial charge is 0.382 e. The van der Waals surface area contributed by atoms with Crippen molar-refractivity contribution in [2.24, 2.45) is 5.73 Å². The fraction of sp³-hybridized carbons (Fsp3) is 0.583. The molecule has 1 aliphatic rings. The lowest BCUT2D eigenvalue weighted by molar-refractivity contribution is -0.141. The van der Waals surface area contributed by atoms with Gasteiger partial charge in [-0.25, -0.2) is 0 Å². The third-order valence-corrected chi connectivity index (χ3v) is 3.19. The summed E-state index contributed by atoms with van der Waals surface area (Å²) >= 11 is 0. The molecule has 1 aromatic heterocycles. The Balaban J connectivity index is 2.01. The highest BCUT2D eigenvalue weighted by Gasteiger charge is 2.32. The van der Waals surface area contributed by atoms with Gasteiger partial charge in [0.15, 0.2) is 0 Å². The van der Waals surface area contributed by atoms with Crippen LogP contribution in [0.1, 0.15) is 31.4 Å². The van der Waals surface area contributed by atoms with Crippen molar-refractivity contribution in [2.45, 2.75) is 43.9 Å². The summed E-state index contributed by atoms with van der Waals surface area (Å²) in [6, 6.07) is 3.04. The Morgan fingerprint density at radius 3 is 2.50 bits per heavy atom. The lowest BCUT2D eigenvalue weighted by atomic mass is 9.92. The molecule has 0 atom stereocenters. The Labute approximate surface area is 104 Å². The summed E-state index contributed by atoms with van der Waals surface area (Å²) in [7, 11) is 0. The quantitative estimate of drug-likeness (QED) is 0.858. The minimum Gasteiger partial charge on any atom is -0.382 e. The van der Waals surface area contributed by atoms with Crippen LogP contribution in [-0.4, -0.2) is 17.1 Å². The first-order chi connectivity index (χ1) is 8.45. The average molecular weight is 259 g/mol. The lowest BCUT2D eigenvalue weighted by Crippen LogP contribution is -2.32. The summed E-state index contributed by atoms with van der Waals surface area (Å²) in [6.07, 6.45) is 0.395. The van der Waals surface area contributed by atoms with E-state index in [-0.39, 0.29) is 12.1 Å². The Morgan fingerprint density at radius 1 is 1.22 bits per heavy atom. The molecule has 6 heteroatoms. The number of hydrogen-bond donors (Lipinski definition) is 2. The zero-order chi connectivity index (χ0) is 13.2. The van der Waals surface area contributed by atoms with Crippen LogP contribution in [0, 0.1) is 0 Å². The van der Waals surface area contributed by atoms with Crippen molar-refractivity contribution in [3.63, 3.8) is 0 Å². The fourth-order valence-electron chi connectivity index (χ4n) is 2.17. The normalized spacial score (nSPS) is 24.9. The molecule has 3 nitrogen and oxygen atoms in total. The zero-order valence-corrected chi connectivity index (χ0v) is 9.87. The van der Waals surface area contributed by atoms with Crippen LogP contribution in [0.3, 0.4) is 0 Å². The molecule has 100 valence electrons. The van der Waals surface area contributed by atoms with Crippen LogP contribution >= 0.6 is 0 Å². The fourth-order valence-corrected chi connectivity index (χ4v) is 2.17.